The van der Waals surface area contributed by atoms with Gasteiger partial charge in [0.1, 0.15) is 5.75 Å². The van der Waals surface area contributed by atoms with E-state index in [0.29, 0.717) is 11.5 Å². The topological polar surface area (TPSA) is 46.2 Å². The van der Waals surface area contributed by atoms with Crippen LogP contribution in [-0.4, -0.2) is 5.11 Å². The Balaban J connectivity index is 2.36. The predicted molar refractivity (Wildman–Crippen MR) is 47.7 cm³/mol. The molecule has 1 aliphatic carbocycles. The van der Waals surface area contributed by atoms with Crippen LogP contribution in [0.3, 0.4) is 0 Å². The summed E-state index contributed by atoms with van der Waals surface area (Å²) in [5, 5.41) is 9.38. The fourth-order valence-corrected chi connectivity index (χ4v) is 1.53. The molecule has 4 heteroatoms. The van der Waals surface area contributed by atoms with Crippen LogP contribution in [0.25, 0.3) is 0 Å². The summed E-state index contributed by atoms with van der Waals surface area (Å²) in [6, 6.07) is 1.37. The first-order chi connectivity index (χ1) is 6.59. The van der Waals surface area contributed by atoms with Crippen molar-refractivity contribution in [3.05, 3.63) is 29.3 Å². The molecule has 76 valence electrons. The number of benzene rings is 1. The van der Waals surface area contributed by atoms with E-state index in [9.17, 15) is 13.9 Å². The minimum atomic E-state index is -1.05. The average molecular weight is 199 g/mol. The van der Waals surface area contributed by atoms with Crippen molar-refractivity contribution in [2.24, 2.45) is 11.7 Å². The molecule has 1 atom stereocenters. The molecule has 1 aliphatic rings. The molecular weight excluding hydrogens is 188 g/mol. The number of hydrogen-bond donors (Lipinski definition) is 2. The average Bonchev–Trinajstić information content (AvgIpc) is 2.93. The molecular formula is C10H11F2NO. The molecule has 3 N–H and O–H groups in total. The lowest BCUT2D eigenvalue weighted by molar-refractivity contribution is 0.436. The third-order valence-electron chi connectivity index (χ3n) is 2.56. The molecule has 0 saturated heterocycles. The zero-order valence-electron chi connectivity index (χ0n) is 7.50. The summed E-state index contributed by atoms with van der Waals surface area (Å²) < 4.78 is 25.5. The van der Waals surface area contributed by atoms with Gasteiger partial charge in [0, 0.05) is 17.7 Å². The number of rotatable bonds is 2. The Morgan fingerprint density at radius 1 is 1.29 bits per heavy atom. The van der Waals surface area contributed by atoms with Gasteiger partial charge in [-0.05, 0) is 24.8 Å². The van der Waals surface area contributed by atoms with Crippen molar-refractivity contribution in [2.45, 2.75) is 18.9 Å². The van der Waals surface area contributed by atoms with E-state index in [4.69, 9.17) is 5.73 Å². The molecule has 1 fully saturated rings. The van der Waals surface area contributed by atoms with Crippen molar-refractivity contribution in [1.29, 1.82) is 0 Å². The van der Waals surface area contributed by atoms with Gasteiger partial charge in [0.05, 0.1) is 0 Å². The van der Waals surface area contributed by atoms with Crippen LogP contribution in [0.15, 0.2) is 12.1 Å². The Hall–Kier alpha value is -1.16. The summed E-state index contributed by atoms with van der Waals surface area (Å²) >= 11 is 0. The van der Waals surface area contributed by atoms with Crippen molar-refractivity contribution >= 4 is 0 Å². The lowest BCUT2D eigenvalue weighted by Gasteiger charge is -2.12. The normalized spacial score (nSPS) is 18.2. The molecule has 0 unspecified atom stereocenters. The first kappa shape index (κ1) is 9.40. The number of hydrogen-bond acceptors (Lipinski definition) is 2. The van der Waals surface area contributed by atoms with E-state index in [1.807, 2.05) is 0 Å². The molecule has 1 saturated carbocycles. The van der Waals surface area contributed by atoms with Crippen LogP contribution >= 0.6 is 0 Å². The van der Waals surface area contributed by atoms with Crippen molar-refractivity contribution in [1.82, 2.24) is 0 Å². The van der Waals surface area contributed by atoms with Gasteiger partial charge < -0.3 is 10.8 Å². The maximum absolute atomic E-state index is 12.9. The Morgan fingerprint density at radius 2 is 1.86 bits per heavy atom. The second-order valence-electron chi connectivity index (χ2n) is 3.69. The zero-order chi connectivity index (χ0) is 10.3. The van der Waals surface area contributed by atoms with Crippen molar-refractivity contribution in [3.8, 4) is 5.75 Å². The van der Waals surface area contributed by atoms with Gasteiger partial charge in [-0.25, -0.2) is 8.78 Å². The van der Waals surface area contributed by atoms with E-state index in [1.54, 1.807) is 0 Å². The van der Waals surface area contributed by atoms with E-state index in [0.717, 1.165) is 25.0 Å². The predicted octanol–water partition coefficient (Wildman–Crippen LogP) is 2.08. The first-order valence-electron chi connectivity index (χ1n) is 4.53. The smallest absolute Gasteiger partial charge is 0.162 e. The highest BCUT2D eigenvalue weighted by molar-refractivity contribution is 5.36. The Labute approximate surface area is 80.4 Å². The maximum Gasteiger partial charge on any atom is 0.162 e. The number of aromatic hydroxyl groups is 1. The summed E-state index contributed by atoms with van der Waals surface area (Å²) in [6.45, 7) is 0. The van der Waals surface area contributed by atoms with E-state index in [1.165, 1.54) is 0 Å². The summed E-state index contributed by atoms with van der Waals surface area (Å²) in [5.41, 5.74) is 6.07. The molecule has 2 rings (SSSR count). The fraction of sp³-hybridized carbons (Fsp3) is 0.400. The van der Waals surface area contributed by atoms with Crippen LogP contribution in [0.1, 0.15) is 24.4 Å². The largest absolute Gasteiger partial charge is 0.507 e. The van der Waals surface area contributed by atoms with E-state index in [2.05, 4.69) is 0 Å². The Morgan fingerprint density at radius 3 is 2.43 bits per heavy atom. The van der Waals surface area contributed by atoms with Crippen LogP contribution in [0.2, 0.25) is 0 Å². The van der Waals surface area contributed by atoms with Crippen molar-refractivity contribution in [3.63, 3.8) is 0 Å². The lowest BCUT2D eigenvalue weighted by atomic mass is 10.0. The summed E-state index contributed by atoms with van der Waals surface area (Å²) in [5.74, 6) is -1.97. The third-order valence-corrected chi connectivity index (χ3v) is 2.56. The van der Waals surface area contributed by atoms with Gasteiger partial charge in [-0.2, -0.15) is 0 Å². The molecule has 0 aliphatic heterocycles. The molecule has 1 aromatic rings. The van der Waals surface area contributed by atoms with Crippen molar-refractivity contribution in [2.75, 3.05) is 0 Å². The summed E-state index contributed by atoms with van der Waals surface area (Å²) in [7, 11) is 0. The number of nitrogens with two attached hydrogens (primary N) is 1. The van der Waals surface area contributed by atoms with Gasteiger partial charge in [0.15, 0.2) is 11.6 Å². The third kappa shape index (κ3) is 1.57. The monoisotopic (exact) mass is 199 g/mol. The quantitative estimate of drug-likeness (QED) is 0.766. The van der Waals surface area contributed by atoms with Gasteiger partial charge in [0.25, 0.3) is 0 Å². The maximum atomic E-state index is 12.9. The molecule has 0 radical (unpaired) electrons. The van der Waals surface area contributed by atoms with E-state index < -0.39 is 11.6 Å². The van der Waals surface area contributed by atoms with Crippen molar-refractivity contribution < 1.29 is 13.9 Å². The van der Waals surface area contributed by atoms with Gasteiger partial charge in [-0.15, -0.1) is 0 Å². The molecule has 0 bridgehead atoms. The minimum Gasteiger partial charge on any atom is -0.507 e. The van der Waals surface area contributed by atoms with Gasteiger partial charge in [0.2, 0.25) is 0 Å². The van der Waals surface area contributed by atoms with Crippen LogP contribution < -0.4 is 5.73 Å². The van der Waals surface area contributed by atoms with E-state index >= 15 is 0 Å². The molecule has 14 heavy (non-hydrogen) atoms. The second-order valence-corrected chi connectivity index (χ2v) is 3.69. The van der Waals surface area contributed by atoms with Gasteiger partial charge in [-0.3, -0.25) is 0 Å². The molecule has 0 heterocycles. The highest BCUT2D eigenvalue weighted by Gasteiger charge is 2.31. The summed E-state index contributed by atoms with van der Waals surface area (Å²) in [6.07, 6.45) is 1.97. The highest BCUT2D eigenvalue weighted by atomic mass is 19.2. The van der Waals surface area contributed by atoms with Crippen LogP contribution in [-0.2, 0) is 0 Å². The minimum absolute atomic E-state index is 0.261. The first-order valence-corrected chi connectivity index (χ1v) is 4.53. The standard InChI is InChI=1S/C10H11F2NO/c11-7-3-6(9(14)4-8(7)12)10(13)5-1-2-5/h3-5,10,14H,1-2,13H2/t10-/m1/s1. The Kier molecular flexibility index (Phi) is 2.15. The number of halogens is 2. The second kappa shape index (κ2) is 3.20. The molecule has 2 nitrogen and oxygen atoms in total. The van der Waals surface area contributed by atoms with Gasteiger partial charge in [-0.1, -0.05) is 0 Å². The SMILES string of the molecule is N[C@@H](c1cc(F)c(F)cc1O)C1CC1. The van der Waals surface area contributed by atoms with E-state index in [-0.39, 0.29) is 11.8 Å². The molecule has 1 aromatic carbocycles. The molecule has 0 spiro atoms. The molecule has 0 aromatic heterocycles. The lowest BCUT2D eigenvalue weighted by Crippen LogP contribution is -2.13. The van der Waals surface area contributed by atoms with Crippen LogP contribution in [0.4, 0.5) is 8.78 Å². The fourth-order valence-electron chi connectivity index (χ4n) is 1.53. The van der Waals surface area contributed by atoms with Crippen LogP contribution in [0, 0.1) is 17.6 Å². The molecule has 0 amide bonds. The highest BCUT2D eigenvalue weighted by Crippen LogP contribution is 2.42. The Bertz CT molecular complexity index is 363. The van der Waals surface area contributed by atoms with Gasteiger partial charge >= 0.3 is 0 Å². The zero-order valence-corrected chi connectivity index (χ0v) is 7.50. The summed E-state index contributed by atoms with van der Waals surface area (Å²) in [4.78, 5) is 0. The van der Waals surface area contributed by atoms with Crippen LogP contribution in [0.5, 0.6) is 5.75 Å². The number of phenolic OH excluding ortho intramolecular Hbond substituents is 1. The number of phenols is 1.